The van der Waals surface area contributed by atoms with Gasteiger partial charge in [0, 0.05) is 18.0 Å². The Labute approximate surface area is 131 Å². The van der Waals surface area contributed by atoms with Crippen molar-refractivity contribution in [1.82, 2.24) is 9.97 Å². The van der Waals surface area contributed by atoms with Gasteiger partial charge in [-0.3, -0.25) is 4.79 Å². The number of amides is 1. The van der Waals surface area contributed by atoms with Gasteiger partial charge in [0.1, 0.15) is 17.3 Å². The molecule has 0 spiro atoms. The van der Waals surface area contributed by atoms with Crippen molar-refractivity contribution >= 4 is 23.4 Å². The molecule has 1 aromatic heterocycles. The number of nitrogens with one attached hydrogen (secondary N) is 1. The van der Waals surface area contributed by atoms with Gasteiger partial charge in [0.15, 0.2) is 5.16 Å². The summed E-state index contributed by atoms with van der Waals surface area (Å²) in [4.78, 5) is 18.5. The van der Waals surface area contributed by atoms with Crippen molar-refractivity contribution in [3.63, 3.8) is 0 Å². The molecule has 23 heavy (non-hydrogen) atoms. The van der Waals surface area contributed by atoms with E-state index >= 15 is 0 Å². The molecule has 1 amide bonds. The van der Waals surface area contributed by atoms with Crippen LogP contribution in [0, 0.1) is 11.6 Å². The van der Waals surface area contributed by atoms with Gasteiger partial charge in [-0.2, -0.15) is 13.2 Å². The molecule has 4 nitrogen and oxygen atoms in total. The summed E-state index contributed by atoms with van der Waals surface area (Å²) in [7, 11) is 0. The van der Waals surface area contributed by atoms with E-state index in [1.165, 1.54) is 0 Å². The van der Waals surface area contributed by atoms with Gasteiger partial charge in [0.05, 0.1) is 5.75 Å². The number of rotatable bonds is 4. The fourth-order valence-corrected chi connectivity index (χ4v) is 2.15. The molecule has 0 fully saturated rings. The van der Waals surface area contributed by atoms with Crippen molar-refractivity contribution in [3.05, 3.63) is 47.8 Å². The molecule has 122 valence electrons. The van der Waals surface area contributed by atoms with E-state index in [0.717, 1.165) is 18.3 Å². The number of nitrogens with zero attached hydrogens (tertiary/aromatic N) is 2. The summed E-state index contributed by atoms with van der Waals surface area (Å²) in [5.74, 6) is -2.72. The minimum absolute atomic E-state index is 0.0990. The molecule has 0 aliphatic rings. The third-order valence-corrected chi connectivity index (χ3v) is 3.26. The molecule has 0 saturated heterocycles. The highest BCUT2D eigenvalue weighted by molar-refractivity contribution is 7.99. The molecule has 0 bridgehead atoms. The molecule has 0 atom stereocenters. The summed E-state index contributed by atoms with van der Waals surface area (Å²) in [6, 6.07) is 3.17. The average molecular weight is 349 g/mol. The number of hydrogen-bond donors (Lipinski definition) is 1. The molecule has 0 aliphatic carbocycles. The van der Waals surface area contributed by atoms with Crippen molar-refractivity contribution in [1.29, 1.82) is 0 Å². The van der Waals surface area contributed by atoms with Crippen LogP contribution in [0.4, 0.5) is 27.6 Å². The van der Waals surface area contributed by atoms with Gasteiger partial charge in [-0.1, -0.05) is 11.8 Å². The summed E-state index contributed by atoms with van der Waals surface area (Å²) in [5.41, 5.74) is -1.22. The number of benzene rings is 1. The SMILES string of the molecule is O=C(CSc1nccc(C(F)(F)F)n1)Nc1cc(F)cc(F)c1. The van der Waals surface area contributed by atoms with Gasteiger partial charge >= 0.3 is 6.18 Å². The number of aromatic nitrogens is 2. The van der Waals surface area contributed by atoms with E-state index in [2.05, 4.69) is 15.3 Å². The molecule has 0 saturated carbocycles. The molecule has 1 heterocycles. The fourth-order valence-electron chi connectivity index (χ4n) is 1.52. The highest BCUT2D eigenvalue weighted by Crippen LogP contribution is 2.28. The van der Waals surface area contributed by atoms with E-state index in [0.29, 0.717) is 23.9 Å². The Morgan fingerprint density at radius 2 is 1.83 bits per heavy atom. The Morgan fingerprint density at radius 3 is 2.43 bits per heavy atom. The average Bonchev–Trinajstić information content (AvgIpc) is 2.43. The lowest BCUT2D eigenvalue weighted by Gasteiger charge is -2.07. The van der Waals surface area contributed by atoms with E-state index < -0.39 is 29.4 Å². The van der Waals surface area contributed by atoms with Crippen molar-refractivity contribution in [2.75, 3.05) is 11.1 Å². The standard InChI is InChI=1S/C13H8F5N3OS/c14-7-3-8(15)5-9(4-7)20-11(22)6-23-12-19-2-1-10(21-12)13(16,17)18/h1-5H,6H2,(H,20,22). The van der Waals surface area contributed by atoms with Crippen LogP contribution in [0.25, 0.3) is 0 Å². The zero-order valence-electron chi connectivity index (χ0n) is 11.2. The quantitative estimate of drug-likeness (QED) is 0.521. The lowest BCUT2D eigenvalue weighted by molar-refractivity contribution is -0.141. The second-order valence-corrected chi connectivity index (χ2v) is 5.16. The molecule has 0 aliphatic heterocycles. The fraction of sp³-hybridized carbons (Fsp3) is 0.154. The van der Waals surface area contributed by atoms with Crippen molar-refractivity contribution in [2.45, 2.75) is 11.3 Å². The van der Waals surface area contributed by atoms with Crippen LogP contribution in [0.3, 0.4) is 0 Å². The molecule has 0 radical (unpaired) electrons. The smallest absolute Gasteiger partial charge is 0.325 e. The highest BCUT2D eigenvalue weighted by atomic mass is 32.2. The first-order chi connectivity index (χ1) is 10.7. The molecule has 2 aromatic rings. The predicted molar refractivity (Wildman–Crippen MR) is 72.7 cm³/mol. The van der Waals surface area contributed by atoms with Gasteiger partial charge in [-0.15, -0.1) is 0 Å². The van der Waals surface area contributed by atoms with Crippen molar-refractivity contribution in [2.24, 2.45) is 0 Å². The summed E-state index contributed by atoms with van der Waals surface area (Å²) in [6.45, 7) is 0. The van der Waals surface area contributed by atoms with Gasteiger partial charge in [0.25, 0.3) is 0 Å². The third-order valence-electron chi connectivity index (χ3n) is 2.40. The highest BCUT2D eigenvalue weighted by Gasteiger charge is 2.32. The first-order valence-corrected chi connectivity index (χ1v) is 7.01. The summed E-state index contributed by atoms with van der Waals surface area (Å²) < 4.78 is 63.4. The van der Waals surface area contributed by atoms with Crippen molar-refractivity contribution < 1.29 is 26.7 Å². The molecule has 10 heteroatoms. The number of hydrogen-bond acceptors (Lipinski definition) is 4. The van der Waals surface area contributed by atoms with Crippen LogP contribution in [0.2, 0.25) is 0 Å². The Kier molecular flexibility index (Phi) is 5.14. The molecular formula is C13H8F5N3OS. The number of alkyl halides is 3. The van der Waals surface area contributed by atoms with Crippen LogP contribution in [0.1, 0.15) is 5.69 Å². The topological polar surface area (TPSA) is 54.9 Å². The van der Waals surface area contributed by atoms with Crippen LogP contribution < -0.4 is 5.32 Å². The van der Waals surface area contributed by atoms with Crippen molar-refractivity contribution in [3.8, 4) is 0 Å². The molecular weight excluding hydrogens is 341 g/mol. The third kappa shape index (κ3) is 5.16. The first kappa shape index (κ1) is 17.1. The lowest BCUT2D eigenvalue weighted by Crippen LogP contribution is -2.15. The minimum atomic E-state index is -4.61. The minimum Gasteiger partial charge on any atom is -0.325 e. The van der Waals surface area contributed by atoms with Crippen LogP contribution in [-0.4, -0.2) is 21.6 Å². The largest absolute Gasteiger partial charge is 0.433 e. The maximum absolute atomic E-state index is 13.0. The molecule has 0 unspecified atom stereocenters. The van der Waals surface area contributed by atoms with Gasteiger partial charge < -0.3 is 5.32 Å². The Hall–Kier alpha value is -2.23. The van der Waals surface area contributed by atoms with Gasteiger partial charge in [-0.05, 0) is 18.2 Å². The normalized spacial score (nSPS) is 11.3. The van der Waals surface area contributed by atoms with E-state index in [9.17, 15) is 26.7 Å². The summed E-state index contributed by atoms with van der Waals surface area (Å²) >= 11 is 0.665. The first-order valence-electron chi connectivity index (χ1n) is 6.03. The maximum Gasteiger partial charge on any atom is 0.433 e. The lowest BCUT2D eigenvalue weighted by atomic mass is 10.3. The Morgan fingerprint density at radius 1 is 1.17 bits per heavy atom. The number of carbonyl (C=O) groups is 1. The Balaban J connectivity index is 1.97. The molecule has 1 N–H and O–H groups in total. The van der Waals surface area contributed by atoms with Crippen LogP contribution >= 0.6 is 11.8 Å². The Bertz CT molecular complexity index is 703. The number of anilines is 1. The van der Waals surface area contributed by atoms with Crippen LogP contribution in [0.5, 0.6) is 0 Å². The van der Waals surface area contributed by atoms with Crippen LogP contribution in [-0.2, 0) is 11.0 Å². The van der Waals surface area contributed by atoms with Crippen LogP contribution in [0.15, 0.2) is 35.6 Å². The van der Waals surface area contributed by atoms with E-state index in [4.69, 9.17) is 0 Å². The number of carbonyl (C=O) groups excluding carboxylic acids is 1. The molecule has 2 rings (SSSR count). The van der Waals surface area contributed by atoms with E-state index in [-0.39, 0.29) is 16.6 Å². The summed E-state index contributed by atoms with van der Waals surface area (Å²) in [6.07, 6.45) is -3.68. The number of halogens is 5. The van der Waals surface area contributed by atoms with E-state index in [1.54, 1.807) is 0 Å². The van der Waals surface area contributed by atoms with Gasteiger partial charge in [0.2, 0.25) is 5.91 Å². The summed E-state index contributed by atoms with van der Waals surface area (Å²) in [5, 5.41) is 1.99. The molecule has 1 aromatic carbocycles. The maximum atomic E-state index is 13.0. The van der Waals surface area contributed by atoms with Gasteiger partial charge in [-0.25, -0.2) is 18.7 Å². The zero-order valence-corrected chi connectivity index (χ0v) is 12.0. The monoisotopic (exact) mass is 349 g/mol. The van der Waals surface area contributed by atoms with E-state index in [1.807, 2.05) is 0 Å². The predicted octanol–water partition coefficient (Wildman–Crippen LogP) is 3.50. The number of thioether (sulfide) groups is 1. The second kappa shape index (κ2) is 6.90. The second-order valence-electron chi connectivity index (χ2n) is 4.22. The zero-order chi connectivity index (χ0) is 17.0.